The number of hydrogen-bond acceptors (Lipinski definition) is 4. The molecular weight excluding hydrogens is 254 g/mol. The van der Waals surface area contributed by atoms with Crippen LogP contribution in [0.3, 0.4) is 0 Å². The Morgan fingerprint density at radius 2 is 2.05 bits per heavy atom. The summed E-state index contributed by atoms with van der Waals surface area (Å²) >= 11 is 0. The Labute approximate surface area is 109 Å². The standard InChI is InChI=1S/C11H17N3O5/c12-9(15)4-14(5-10(16)17)11(18)13-7-3-6-1-2-8(7)19-6/h6-8H,1-5H2,(H2,12,15)(H,13,18)(H,16,17). The Hall–Kier alpha value is -1.83. The van der Waals surface area contributed by atoms with E-state index in [1.807, 2.05) is 0 Å². The lowest BCUT2D eigenvalue weighted by molar-refractivity contribution is -0.137. The third-order valence-corrected chi connectivity index (χ3v) is 3.37. The molecule has 0 aromatic carbocycles. The molecule has 106 valence electrons. The van der Waals surface area contributed by atoms with Crippen molar-refractivity contribution in [3.05, 3.63) is 0 Å². The number of ether oxygens (including phenoxy) is 1. The number of amides is 3. The smallest absolute Gasteiger partial charge is 0.323 e. The average molecular weight is 271 g/mol. The van der Waals surface area contributed by atoms with Gasteiger partial charge in [-0.2, -0.15) is 0 Å². The van der Waals surface area contributed by atoms with Crippen molar-refractivity contribution < 1.29 is 24.2 Å². The number of hydrogen-bond donors (Lipinski definition) is 3. The third kappa shape index (κ3) is 3.34. The van der Waals surface area contributed by atoms with E-state index in [4.69, 9.17) is 15.6 Å². The van der Waals surface area contributed by atoms with Gasteiger partial charge in [-0.25, -0.2) is 4.79 Å². The maximum atomic E-state index is 11.9. The molecule has 2 bridgehead atoms. The molecule has 3 unspecified atom stereocenters. The van der Waals surface area contributed by atoms with Gasteiger partial charge in [-0.3, -0.25) is 9.59 Å². The number of rotatable bonds is 5. The predicted octanol–water partition coefficient (Wildman–Crippen LogP) is -1.11. The van der Waals surface area contributed by atoms with E-state index >= 15 is 0 Å². The summed E-state index contributed by atoms with van der Waals surface area (Å²) in [6.07, 6.45) is 2.80. The zero-order valence-corrected chi connectivity index (χ0v) is 10.4. The van der Waals surface area contributed by atoms with Gasteiger partial charge < -0.3 is 25.8 Å². The van der Waals surface area contributed by atoms with E-state index < -0.39 is 31.0 Å². The topological polar surface area (TPSA) is 122 Å². The first-order valence-corrected chi connectivity index (χ1v) is 6.16. The Bertz CT molecular complexity index is 384. The van der Waals surface area contributed by atoms with E-state index in [0.29, 0.717) is 0 Å². The molecule has 0 spiro atoms. The molecule has 0 aromatic rings. The van der Waals surface area contributed by atoms with Crippen LogP contribution in [0.4, 0.5) is 4.79 Å². The van der Waals surface area contributed by atoms with Crippen molar-refractivity contribution in [2.75, 3.05) is 13.1 Å². The highest BCUT2D eigenvalue weighted by molar-refractivity contribution is 5.86. The Kier molecular flexibility index (Phi) is 3.89. The summed E-state index contributed by atoms with van der Waals surface area (Å²) in [4.78, 5) is 34.3. The second kappa shape index (κ2) is 5.43. The first kappa shape index (κ1) is 13.6. The van der Waals surface area contributed by atoms with Gasteiger partial charge >= 0.3 is 12.0 Å². The molecule has 4 N–H and O–H groups in total. The van der Waals surface area contributed by atoms with Crippen LogP contribution in [0.15, 0.2) is 0 Å². The Morgan fingerprint density at radius 1 is 1.32 bits per heavy atom. The summed E-state index contributed by atoms with van der Waals surface area (Å²) in [6.45, 7) is -0.976. The van der Waals surface area contributed by atoms with Gasteiger partial charge in [-0.15, -0.1) is 0 Å². The zero-order chi connectivity index (χ0) is 14.0. The molecule has 3 atom stereocenters. The van der Waals surface area contributed by atoms with E-state index in [9.17, 15) is 14.4 Å². The largest absolute Gasteiger partial charge is 0.480 e. The number of primary amides is 1. The van der Waals surface area contributed by atoms with Crippen molar-refractivity contribution in [1.29, 1.82) is 0 Å². The van der Waals surface area contributed by atoms with Crippen LogP contribution in [0.2, 0.25) is 0 Å². The lowest BCUT2D eigenvalue weighted by atomic mass is 9.96. The van der Waals surface area contributed by atoms with Crippen molar-refractivity contribution in [1.82, 2.24) is 10.2 Å². The fraction of sp³-hybridized carbons (Fsp3) is 0.727. The maximum absolute atomic E-state index is 11.9. The van der Waals surface area contributed by atoms with Crippen molar-refractivity contribution in [2.45, 2.75) is 37.5 Å². The summed E-state index contributed by atoms with van der Waals surface area (Å²) in [5, 5.41) is 11.4. The maximum Gasteiger partial charge on any atom is 0.323 e. The molecule has 2 saturated heterocycles. The highest BCUT2D eigenvalue weighted by atomic mass is 16.5. The van der Waals surface area contributed by atoms with Crippen LogP contribution in [0.1, 0.15) is 19.3 Å². The molecule has 8 heteroatoms. The molecule has 2 aliphatic heterocycles. The molecule has 8 nitrogen and oxygen atoms in total. The van der Waals surface area contributed by atoms with Gasteiger partial charge in [0.2, 0.25) is 5.91 Å². The minimum absolute atomic E-state index is 0.00536. The number of carboxylic acids is 1. The number of nitrogens with two attached hydrogens (primary N) is 1. The zero-order valence-electron chi connectivity index (χ0n) is 10.4. The van der Waals surface area contributed by atoms with Crippen molar-refractivity contribution in [3.8, 4) is 0 Å². The highest BCUT2D eigenvalue weighted by Crippen LogP contribution is 2.34. The van der Waals surface area contributed by atoms with Crippen molar-refractivity contribution in [3.63, 3.8) is 0 Å². The summed E-state index contributed by atoms with van der Waals surface area (Å²) < 4.78 is 5.59. The first-order valence-electron chi connectivity index (χ1n) is 6.16. The van der Waals surface area contributed by atoms with Gasteiger partial charge in [0.25, 0.3) is 0 Å². The van der Waals surface area contributed by atoms with E-state index in [0.717, 1.165) is 24.2 Å². The lowest BCUT2D eigenvalue weighted by Crippen LogP contribution is -2.51. The minimum Gasteiger partial charge on any atom is -0.480 e. The van der Waals surface area contributed by atoms with Crippen molar-refractivity contribution in [2.24, 2.45) is 5.73 Å². The Balaban J connectivity index is 1.91. The average Bonchev–Trinajstić information content (AvgIpc) is 2.88. The summed E-state index contributed by atoms with van der Waals surface area (Å²) in [6, 6.07) is -0.710. The highest BCUT2D eigenvalue weighted by Gasteiger charge is 2.41. The van der Waals surface area contributed by atoms with Gasteiger partial charge in [0.1, 0.15) is 13.1 Å². The minimum atomic E-state index is -1.19. The molecule has 0 aromatic heterocycles. The van der Waals surface area contributed by atoms with Crippen LogP contribution in [-0.4, -0.2) is 59.3 Å². The molecular formula is C11H17N3O5. The van der Waals surface area contributed by atoms with E-state index in [1.165, 1.54) is 0 Å². The van der Waals surface area contributed by atoms with Crippen LogP contribution in [0.5, 0.6) is 0 Å². The molecule has 2 heterocycles. The second-order valence-corrected chi connectivity index (χ2v) is 4.88. The number of carbonyl (C=O) groups is 3. The number of fused-ring (bicyclic) bond motifs is 2. The lowest BCUT2D eigenvalue weighted by Gasteiger charge is -2.25. The quantitative estimate of drug-likeness (QED) is 0.585. The molecule has 2 rings (SSSR count). The Morgan fingerprint density at radius 3 is 2.53 bits per heavy atom. The van der Waals surface area contributed by atoms with E-state index in [1.54, 1.807) is 0 Å². The molecule has 2 aliphatic rings. The normalized spacial score (nSPS) is 28.1. The van der Waals surface area contributed by atoms with Crippen LogP contribution in [0, 0.1) is 0 Å². The van der Waals surface area contributed by atoms with E-state index in [2.05, 4.69) is 5.32 Å². The van der Waals surface area contributed by atoms with Crippen molar-refractivity contribution >= 4 is 17.9 Å². The van der Waals surface area contributed by atoms with Gasteiger partial charge in [0.15, 0.2) is 0 Å². The van der Waals surface area contributed by atoms with Crippen LogP contribution in [-0.2, 0) is 14.3 Å². The van der Waals surface area contributed by atoms with Crippen LogP contribution >= 0.6 is 0 Å². The molecule has 0 aliphatic carbocycles. The third-order valence-electron chi connectivity index (χ3n) is 3.37. The SMILES string of the molecule is NC(=O)CN(CC(=O)O)C(=O)NC1CC2CCC1O2. The summed E-state index contributed by atoms with van der Waals surface area (Å²) in [7, 11) is 0. The molecule has 0 saturated carbocycles. The van der Waals surface area contributed by atoms with Gasteiger partial charge in [0.05, 0.1) is 18.2 Å². The monoisotopic (exact) mass is 271 g/mol. The van der Waals surface area contributed by atoms with Gasteiger partial charge in [-0.1, -0.05) is 0 Å². The molecule has 19 heavy (non-hydrogen) atoms. The number of nitrogens with one attached hydrogen (secondary N) is 1. The number of carboxylic acid groups (broad SMARTS) is 1. The molecule has 2 fully saturated rings. The van der Waals surface area contributed by atoms with Crippen LogP contribution < -0.4 is 11.1 Å². The number of urea groups is 1. The number of nitrogens with zero attached hydrogens (tertiary/aromatic N) is 1. The number of carbonyl (C=O) groups excluding carboxylic acids is 2. The fourth-order valence-corrected chi connectivity index (χ4v) is 2.59. The fourth-order valence-electron chi connectivity index (χ4n) is 2.59. The number of aliphatic carboxylic acids is 1. The summed E-state index contributed by atoms with van der Waals surface area (Å²) in [5.41, 5.74) is 5.00. The van der Waals surface area contributed by atoms with Gasteiger partial charge in [-0.05, 0) is 19.3 Å². The van der Waals surface area contributed by atoms with Gasteiger partial charge in [0, 0.05) is 0 Å². The van der Waals surface area contributed by atoms with Crippen LogP contribution in [0.25, 0.3) is 0 Å². The first-order chi connectivity index (χ1) is 8.95. The predicted molar refractivity (Wildman–Crippen MR) is 63.2 cm³/mol. The second-order valence-electron chi connectivity index (χ2n) is 4.88. The summed E-state index contributed by atoms with van der Waals surface area (Å²) in [5.74, 6) is -1.94. The molecule has 3 amide bonds. The van der Waals surface area contributed by atoms with E-state index in [-0.39, 0.29) is 18.2 Å². The molecule has 0 radical (unpaired) electrons.